The molecule has 33 heavy (non-hydrogen) atoms. The molecule has 0 spiro atoms. The average Bonchev–Trinajstić information content (AvgIpc) is 2.84. The molecule has 0 bridgehead atoms. The number of hydrogen-bond acceptors (Lipinski definition) is 7. The second-order valence-electron chi connectivity index (χ2n) is 7.69. The number of aliphatic hydroxyl groups excluding tert-OH is 2. The standard InChI is InChI=1S/C14H24O4.C12H22O3/c1-4-7-16-11-14(10-15,12-17-8-5-2)13-18-9-6-3;1-4-7-14-10-12(6-3,9-13)11-15-8-5-2/h4-6,15H,1-3,7-13H2;4-5,13H,1-2,6-11H2,3H3. The lowest BCUT2D eigenvalue weighted by molar-refractivity contribution is -0.0821. The maximum absolute atomic E-state index is 9.56. The van der Waals surface area contributed by atoms with Crippen LogP contribution in [0.5, 0.6) is 0 Å². The minimum absolute atomic E-state index is 0.0672. The summed E-state index contributed by atoms with van der Waals surface area (Å²) >= 11 is 0. The van der Waals surface area contributed by atoms with Crippen molar-refractivity contribution < 1.29 is 33.9 Å². The highest BCUT2D eigenvalue weighted by molar-refractivity contribution is 4.81. The predicted octanol–water partition coefficient (Wildman–Crippen LogP) is 3.35. The lowest BCUT2D eigenvalue weighted by atomic mass is 9.88. The third kappa shape index (κ3) is 17.5. The zero-order valence-corrected chi connectivity index (χ0v) is 20.6. The summed E-state index contributed by atoms with van der Waals surface area (Å²) in [6.45, 7) is 24.3. The van der Waals surface area contributed by atoms with Crippen molar-refractivity contribution in [2.75, 3.05) is 79.3 Å². The molecular weight excluding hydrogens is 424 g/mol. The molecule has 0 saturated heterocycles. The predicted molar refractivity (Wildman–Crippen MR) is 134 cm³/mol. The van der Waals surface area contributed by atoms with E-state index in [9.17, 15) is 10.2 Å². The summed E-state index contributed by atoms with van der Waals surface area (Å²) in [6.07, 6.45) is 9.20. The Labute approximate surface area is 201 Å². The van der Waals surface area contributed by atoms with Crippen molar-refractivity contribution in [1.29, 1.82) is 0 Å². The molecule has 2 N–H and O–H groups in total. The quantitative estimate of drug-likeness (QED) is 0.175. The van der Waals surface area contributed by atoms with Gasteiger partial charge in [-0.25, -0.2) is 0 Å². The number of ether oxygens (including phenoxy) is 5. The van der Waals surface area contributed by atoms with E-state index in [0.29, 0.717) is 66.1 Å². The van der Waals surface area contributed by atoms with Gasteiger partial charge in [-0.3, -0.25) is 0 Å². The van der Waals surface area contributed by atoms with Gasteiger partial charge in [0.05, 0.1) is 84.7 Å². The first-order valence-electron chi connectivity index (χ1n) is 11.1. The van der Waals surface area contributed by atoms with Gasteiger partial charge in [0, 0.05) is 5.41 Å². The van der Waals surface area contributed by atoms with Gasteiger partial charge < -0.3 is 33.9 Å². The van der Waals surface area contributed by atoms with E-state index < -0.39 is 5.41 Å². The van der Waals surface area contributed by atoms with E-state index in [0.717, 1.165) is 6.42 Å². The first kappa shape index (κ1) is 33.6. The molecule has 0 aromatic heterocycles. The largest absolute Gasteiger partial charge is 0.396 e. The maximum atomic E-state index is 9.56. The maximum Gasteiger partial charge on any atom is 0.0645 e. The highest BCUT2D eigenvalue weighted by atomic mass is 16.5. The van der Waals surface area contributed by atoms with Crippen LogP contribution >= 0.6 is 0 Å². The van der Waals surface area contributed by atoms with Crippen LogP contribution < -0.4 is 0 Å². The van der Waals surface area contributed by atoms with Gasteiger partial charge in [0.2, 0.25) is 0 Å². The molecule has 0 aliphatic rings. The third-order valence-corrected chi connectivity index (χ3v) is 4.64. The van der Waals surface area contributed by atoms with Gasteiger partial charge in [-0.15, -0.1) is 32.9 Å². The van der Waals surface area contributed by atoms with Gasteiger partial charge in [0.15, 0.2) is 0 Å². The molecule has 0 rings (SSSR count). The van der Waals surface area contributed by atoms with Crippen LogP contribution in [0.15, 0.2) is 63.3 Å². The second-order valence-corrected chi connectivity index (χ2v) is 7.69. The molecule has 0 fully saturated rings. The first-order valence-corrected chi connectivity index (χ1v) is 11.1. The minimum atomic E-state index is -0.560. The molecule has 0 unspecified atom stereocenters. The van der Waals surface area contributed by atoms with E-state index >= 15 is 0 Å². The Kier molecular flexibility index (Phi) is 24.0. The summed E-state index contributed by atoms with van der Waals surface area (Å²) in [5, 5.41) is 18.9. The zero-order chi connectivity index (χ0) is 25.3. The zero-order valence-electron chi connectivity index (χ0n) is 20.6. The van der Waals surface area contributed by atoms with Crippen molar-refractivity contribution in [3.05, 3.63) is 63.3 Å². The fourth-order valence-corrected chi connectivity index (χ4v) is 2.50. The van der Waals surface area contributed by atoms with Crippen LogP contribution in [-0.4, -0.2) is 89.5 Å². The molecule has 0 aromatic rings. The Morgan fingerprint density at radius 3 is 0.939 bits per heavy atom. The molecule has 0 aliphatic heterocycles. The molecule has 0 saturated carbocycles. The van der Waals surface area contributed by atoms with Crippen LogP contribution in [0.4, 0.5) is 0 Å². The molecule has 0 amide bonds. The minimum Gasteiger partial charge on any atom is -0.396 e. The molecule has 0 aliphatic carbocycles. The number of rotatable bonds is 23. The van der Waals surface area contributed by atoms with Crippen LogP contribution in [0.2, 0.25) is 0 Å². The Bertz CT molecular complexity index is 449. The normalized spacial score (nSPS) is 11.2. The van der Waals surface area contributed by atoms with Crippen molar-refractivity contribution in [2.24, 2.45) is 10.8 Å². The summed E-state index contributed by atoms with van der Waals surface area (Å²) in [6, 6.07) is 0. The average molecular weight is 471 g/mol. The SMILES string of the molecule is C=CCOCC(CC)(CO)COCC=C.C=CCOCC(CO)(COCC=C)COCC=C. The topological polar surface area (TPSA) is 86.6 Å². The van der Waals surface area contributed by atoms with Crippen LogP contribution in [0.3, 0.4) is 0 Å². The lowest BCUT2D eigenvalue weighted by Gasteiger charge is -2.30. The van der Waals surface area contributed by atoms with Crippen molar-refractivity contribution in [3.63, 3.8) is 0 Å². The summed E-state index contributed by atoms with van der Waals surface area (Å²) in [4.78, 5) is 0. The van der Waals surface area contributed by atoms with E-state index in [1.807, 2.05) is 6.92 Å². The van der Waals surface area contributed by atoms with Crippen molar-refractivity contribution in [3.8, 4) is 0 Å². The highest BCUT2D eigenvalue weighted by Crippen LogP contribution is 2.22. The Balaban J connectivity index is 0. The molecular formula is C26H46O7. The molecule has 0 atom stereocenters. The van der Waals surface area contributed by atoms with Gasteiger partial charge in [0.25, 0.3) is 0 Å². The summed E-state index contributed by atoms with van der Waals surface area (Å²) < 4.78 is 27.0. The molecule has 0 heterocycles. The Morgan fingerprint density at radius 2 is 0.758 bits per heavy atom. The van der Waals surface area contributed by atoms with Crippen molar-refractivity contribution in [1.82, 2.24) is 0 Å². The van der Waals surface area contributed by atoms with Gasteiger partial charge >= 0.3 is 0 Å². The smallest absolute Gasteiger partial charge is 0.0645 e. The van der Waals surface area contributed by atoms with E-state index in [2.05, 4.69) is 32.9 Å². The number of aliphatic hydroxyl groups is 2. The van der Waals surface area contributed by atoms with E-state index in [4.69, 9.17) is 23.7 Å². The van der Waals surface area contributed by atoms with Gasteiger partial charge in [-0.1, -0.05) is 37.3 Å². The molecule has 192 valence electrons. The number of hydrogen-bond donors (Lipinski definition) is 2. The monoisotopic (exact) mass is 470 g/mol. The molecule has 0 radical (unpaired) electrons. The van der Waals surface area contributed by atoms with Gasteiger partial charge in [-0.05, 0) is 6.42 Å². The van der Waals surface area contributed by atoms with E-state index in [-0.39, 0.29) is 18.6 Å². The first-order chi connectivity index (χ1) is 16.0. The van der Waals surface area contributed by atoms with Gasteiger partial charge in [-0.2, -0.15) is 0 Å². The highest BCUT2D eigenvalue weighted by Gasteiger charge is 2.31. The lowest BCUT2D eigenvalue weighted by Crippen LogP contribution is -2.41. The van der Waals surface area contributed by atoms with E-state index in [1.165, 1.54) is 0 Å². The Morgan fingerprint density at radius 1 is 0.515 bits per heavy atom. The van der Waals surface area contributed by atoms with Crippen LogP contribution in [0.25, 0.3) is 0 Å². The Hall–Kier alpha value is -1.58. The summed E-state index contributed by atoms with van der Waals surface area (Å²) in [7, 11) is 0. The third-order valence-electron chi connectivity index (χ3n) is 4.64. The molecule has 7 heteroatoms. The molecule has 7 nitrogen and oxygen atoms in total. The fourth-order valence-electron chi connectivity index (χ4n) is 2.50. The fraction of sp³-hybridized carbons (Fsp3) is 0.615. The van der Waals surface area contributed by atoms with Crippen molar-refractivity contribution >= 4 is 0 Å². The van der Waals surface area contributed by atoms with Crippen LogP contribution in [0.1, 0.15) is 13.3 Å². The van der Waals surface area contributed by atoms with Crippen LogP contribution in [-0.2, 0) is 23.7 Å². The van der Waals surface area contributed by atoms with Crippen molar-refractivity contribution in [2.45, 2.75) is 13.3 Å². The second kappa shape index (κ2) is 23.6. The van der Waals surface area contributed by atoms with Gasteiger partial charge in [0.1, 0.15) is 0 Å². The van der Waals surface area contributed by atoms with E-state index in [1.54, 1.807) is 30.4 Å². The summed E-state index contributed by atoms with van der Waals surface area (Å²) in [5.41, 5.74) is -0.860. The molecule has 0 aromatic carbocycles. The summed E-state index contributed by atoms with van der Waals surface area (Å²) in [5.74, 6) is 0. The van der Waals surface area contributed by atoms with Crippen LogP contribution in [0, 0.1) is 10.8 Å².